The van der Waals surface area contributed by atoms with Crippen LogP contribution in [-0.2, 0) is 14.4 Å². The molecule has 1 amide bonds. The Kier molecular flexibility index (Phi) is 5.46. The monoisotopic (exact) mass is 403 g/mol. The fourth-order valence-corrected chi connectivity index (χ4v) is 3.21. The maximum Gasteiger partial charge on any atom is 0.305 e. The molecule has 0 saturated carbocycles. The highest BCUT2D eigenvalue weighted by atomic mass is 35.5. The molecule has 0 bridgehead atoms. The van der Waals surface area contributed by atoms with Crippen LogP contribution in [-0.4, -0.2) is 39.3 Å². The number of ketones is 1. The Morgan fingerprint density at radius 3 is 2.21 bits per heavy atom. The molecule has 0 spiro atoms. The number of carboxylic acids is 1. The van der Waals surface area contributed by atoms with E-state index in [1.807, 2.05) is 0 Å². The van der Waals surface area contributed by atoms with Crippen LogP contribution in [0.5, 0.6) is 0 Å². The second kappa shape index (κ2) is 7.82. The van der Waals surface area contributed by atoms with E-state index in [1.54, 1.807) is 0 Å². The summed E-state index contributed by atoms with van der Waals surface area (Å²) in [6, 6.07) is 10.1. The fourth-order valence-electron chi connectivity index (χ4n) is 3.08. The summed E-state index contributed by atoms with van der Waals surface area (Å²) in [5.41, 5.74) is 0.457. The van der Waals surface area contributed by atoms with Crippen LogP contribution in [0, 0.1) is 5.82 Å². The minimum Gasteiger partial charge on any atom is -0.507 e. The lowest BCUT2D eigenvalue weighted by Gasteiger charge is -2.24. The van der Waals surface area contributed by atoms with Gasteiger partial charge in [-0.15, -0.1) is 0 Å². The first-order chi connectivity index (χ1) is 13.3. The number of hydrogen-bond donors (Lipinski definition) is 2. The van der Waals surface area contributed by atoms with E-state index in [0.717, 1.165) is 17.0 Å². The quantitative estimate of drug-likeness (QED) is 0.453. The number of benzene rings is 2. The van der Waals surface area contributed by atoms with Gasteiger partial charge >= 0.3 is 5.97 Å². The number of Topliss-reactive ketones (excluding diaryl/α,β-unsaturated/α-hetero) is 1. The van der Waals surface area contributed by atoms with Crippen LogP contribution in [0.2, 0.25) is 5.02 Å². The average molecular weight is 404 g/mol. The van der Waals surface area contributed by atoms with E-state index in [9.17, 15) is 23.9 Å². The number of likely N-dealkylation sites (tertiary alicyclic amines) is 1. The van der Waals surface area contributed by atoms with Crippen molar-refractivity contribution < 1.29 is 29.0 Å². The lowest BCUT2D eigenvalue weighted by atomic mass is 9.95. The van der Waals surface area contributed by atoms with Gasteiger partial charge in [-0.3, -0.25) is 14.4 Å². The van der Waals surface area contributed by atoms with Crippen molar-refractivity contribution in [2.75, 3.05) is 6.54 Å². The normalized spacial score (nSPS) is 18.5. The van der Waals surface area contributed by atoms with Crippen molar-refractivity contribution >= 4 is 35.0 Å². The summed E-state index contributed by atoms with van der Waals surface area (Å²) < 4.78 is 13.3. The number of aliphatic carboxylic acids is 1. The standard InChI is InChI=1S/C20H15ClFNO5/c21-13-5-1-12(2-6-13)18(26)16-17(11-3-7-14(22)8-4-11)23(10-9-15(24)25)20(28)19(16)27/h1-8,17,26H,9-10H2,(H,24,25)/b18-16+/t17-/m0/s1. The van der Waals surface area contributed by atoms with Crippen LogP contribution in [0.15, 0.2) is 54.1 Å². The van der Waals surface area contributed by atoms with Gasteiger partial charge in [0.2, 0.25) is 0 Å². The molecule has 1 atom stereocenters. The number of carbonyl (C=O) groups is 3. The molecule has 3 rings (SSSR count). The molecular formula is C20H15ClFNO5. The SMILES string of the molecule is O=C(O)CCN1C(=O)C(=O)/C(=C(/O)c2ccc(Cl)cc2)[C@@H]1c1ccc(F)cc1. The van der Waals surface area contributed by atoms with Crippen LogP contribution in [0.25, 0.3) is 5.76 Å². The Morgan fingerprint density at radius 2 is 1.64 bits per heavy atom. The number of rotatable bonds is 5. The number of carbonyl (C=O) groups excluding carboxylic acids is 2. The van der Waals surface area contributed by atoms with E-state index in [1.165, 1.54) is 36.4 Å². The maximum atomic E-state index is 13.3. The van der Waals surface area contributed by atoms with Gasteiger partial charge in [-0.2, -0.15) is 0 Å². The maximum absolute atomic E-state index is 13.3. The predicted molar refractivity (Wildman–Crippen MR) is 99.1 cm³/mol. The first-order valence-corrected chi connectivity index (χ1v) is 8.69. The topological polar surface area (TPSA) is 94.9 Å². The molecule has 28 heavy (non-hydrogen) atoms. The van der Waals surface area contributed by atoms with Crippen molar-refractivity contribution in [1.82, 2.24) is 4.90 Å². The van der Waals surface area contributed by atoms with E-state index < -0.39 is 35.3 Å². The minimum absolute atomic E-state index is 0.190. The van der Waals surface area contributed by atoms with Gasteiger partial charge in [0.05, 0.1) is 18.0 Å². The van der Waals surface area contributed by atoms with Crippen molar-refractivity contribution in [2.24, 2.45) is 0 Å². The van der Waals surface area contributed by atoms with Gasteiger partial charge in [0.15, 0.2) is 0 Å². The fraction of sp³-hybridized carbons (Fsp3) is 0.150. The molecule has 1 heterocycles. The van der Waals surface area contributed by atoms with Gasteiger partial charge < -0.3 is 15.1 Å². The predicted octanol–water partition coefficient (Wildman–Crippen LogP) is 3.38. The lowest BCUT2D eigenvalue weighted by Crippen LogP contribution is -2.31. The summed E-state index contributed by atoms with van der Waals surface area (Å²) >= 11 is 5.84. The van der Waals surface area contributed by atoms with E-state index in [-0.39, 0.29) is 24.1 Å². The van der Waals surface area contributed by atoms with Crippen molar-refractivity contribution in [3.05, 3.63) is 76.1 Å². The highest BCUT2D eigenvalue weighted by molar-refractivity contribution is 6.46. The summed E-state index contributed by atoms with van der Waals surface area (Å²) in [6.07, 6.45) is -0.383. The number of nitrogens with zero attached hydrogens (tertiary/aromatic N) is 1. The molecule has 1 aliphatic heterocycles. The summed E-state index contributed by atoms with van der Waals surface area (Å²) in [4.78, 5) is 37.2. The van der Waals surface area contributed by atoms with Crippen LogP contribution >= 0.6 is 11.6 Å². The molecule has 0 aliphatic carbocycles. The molecule has 1 fully saturated rings. The Bertz CT molecular complexity index is 969. The third-order valence-corrected chi connectivity index (χ3v) is 4.66. The Hall–Kier alpha value is -3.19. The third kappa shape index (κ3) is 3.75. The van der Waals surface area contributed by atoms with E-state index in [0.29, 0.717) is 10.6 Å². The van der Waals surface area contributed by atoms with Crippen LogP contribution in [0.4, 0.5) is 4.39 Å². The van der Waals surface area contributed by atoms with Gasteiger partial charge in [0.25, 0.3) is 11.7 Å². The van der Waals surface area contributed by atoms with E-state index >= 15 is 0 Å². The molecule has 8 heteroatoms. The Morgan fingerprint density at radius 1 is 1.04 bits per heavy atom. The van der Waals surface area contributed by atoms with Gasteiger partial charge in [-0.05, 0) is 42.0 Å². The van der Waals surface area contributed by atoms with Crippen molar-refractivity contribution in [2.45, 2.75) is 12.5 Å². The summed E-state index contributed by atoms with van der Waals surface area (Å²) in [6.45, 7) is -0.237. The molecule has 2 aromatic carbocycles. The van der Waals surface area contributed by atoms with Crippen LogP contribution in [0.1, 0.15) is 23.6 Å². The van der Waals surface area contributed by atoms with Crippen molar-refractivity contribution in [3.8, 4) is 0 Å². The summed E-state index contributed by atoms with van der Waals surface area (Å²) in [7, 11) is 0. The van der Waals surface area contributed by atoms with Crippen LogP contribution in [0.3, 0.4) is 0 Å². The summed E-state index contributed by atoms with van der Waals surface area (Å²) in [5, 5.41) is 20.1. The molecule has 1 aliphatic rings. The smallest absolute Gasteiger partial charge is 0.305 e. The zero-order chi connectivity index (χ0) is 20.4. The number of aliphatic hydroxyl groups is 1. The van der Waals surface area contributed by atoms with Gasteiger partial charge in [0.1, 0.15) is 11.6 Å². The number of halogens is 2. The van der Waals surface area contributed by atoms with Crippen LogP contribution < -0.4 is 0 Å². The minimum atomic E-state index is -1.14. The summed E-state index contributed by atoms with van der Waals surface area (Å²) in [5.74, 6) is -3.93. The number of carboxylic acid groups (broad SMARTS) is 1. The second-order valence-electron chi connectivity index (χ2n) is 6.19. The molecule has 2 aromatic rings. The van der Waals surface area contributed by atoms with Gasteiger partial charge in [0, 0.05) is 17.1 Å². The number of amides is 1. The molecule has 0 unspecified atom stereocenters. The molecule has 144 valence electrons. The Labute approximate surface area is 164 Å². The molecular weight excluding hydrogens is 389 g/mol. The van der Waals surface area contributed by atoms with E-state index in [2.05, 4.69) is 0 Å². The lowest BCUT2D eigenvalue weighted by molar-refractivity contribution is -0.142. The van der Waals surface area contributed by atoms with Crippen molar-refractivity contribution in [3.63, 3.8) is 0 Å². The van der Waals surface area contributed by atoms with Gasteiger partial charge in [-0.1, -0.05) is 23.7 Å². The molecule has 0 radical (unpaired) electrons. The highest BCUT2D eigenvalue weighted by Gasteiger charge is 2.46. The second-order valence-corrected chi connectivity index (χ2v) is 6.63. The Balaban J connectivity index is 2.14. The highest BCUT2D eigenvalue weighted by Crippen LogP contribution is 2.39. The largest absolute Gasteiger partial charge is 0.507 e. The first-order valence-electron chi connectivity index (χ1n) is 8.31. The van der Waals surface area contributed by atoms with Crippen molar-refractivity contribution in [1.29, 1.82) is 0 Å². The van der Waals surface area contributed by atoms with E-state index in [4.69, 9.17) is 16.7 Å². The average Bonchev–Trinajstić information content (AvgIpc) is 2.91. The third-order valence-electron chi connectivity index (χ3n) is 4.41. The first kappa shape index (κ1) is 19.6. The molecule has 0 aromatic heterocycles. The van der Waals surface area contributed by atoms with Gasteiger partial charge in [-0.25, -0.2) is 4.39 Å². The molecule has 1 saturated heterocycles. The zero-order valence-electron chi connectivity index (χ0n) is 14.4. The molecule has 2 N–H and O–H groups in total. The number of aliphatic hydroxyl groups excluding tert-OH is 1. The number of hydrogen-bond acceptors (Lipinski definition) is 4. The molecule has 6 nitrogen and oxygen atoms in total. The zero-order valence-corrected chi connectivity index (χ0v) is 15.2.